The highest BCUT2D eigenvalue weighted by molar-refractivity contribution is 5.89. The summed E-state index contributed by atoms with van der Waals surface area (Å²) in [7, 11) is 0. The lowest BCUT2D eigenvalue weighted by atomic mass is 9.82. The van der Waals surface area contributed by atoms with Crippen LogP contribution in [0.15, 0.2) is 30.3 Å². The summed E-state index contributed by atoms with van der Waals surface area (Å²) >= 11 is 0. The third-order valence-corrected chi connectivity index (χ3v) is 5.09. The van der Waals surface area contributed by atoms with E-state index >= 15 is 0 Å². The van der Waals surface area contributed by atoms with Crippen molar-refractivity contribution < 1.29 is 9.59 Å². The summed E-state index contributed by atoms with van der Waals surface area (Å²) in [6.07, 6.45) is 4.72. The molecule has 0 bridgehead atoms. The van der Waals surface area contributed by atoms with E-state index in [1.165, 1.54) is 0 Å². The van der Waals surface area contributed by atoms with Gasteiger partial charge in [0.05, 0.1) is 12.0 Å². The Bertz CT molecular complexity index is 644. The standard InChI is InChI=1S/C19H23N3O2/c20-14-19(9-5-2-6-10-19)21-18(24)16-11-17(23)22(13-16)12-15-7-3-1-4-8-15/h1,3-4,7-8,16H,2,5-6,9-13H2,(H,21,24). The van der Waals surface area contributed by atoms with E-state index in [9.17, 15) is 14.9 Å². The van der Waals surface area contributed by atoms with Crippen LogP contribution in [0.25, 0.3) is 0 Å². The first-order valence-corrected chi connectivity index (χ1v) is 8.67. The third kappa shape index (κ3) is 3.59. The molecule has 1 saturated carbocycles. The maximum absolute atomic E-state index is 12.6. The highest BCUT2D eigenvalue weighted by Crippen LogP contribution is 2.29. The number of nitriles is 1. The van der Waals surface area contributed by atoms with Gasteiger partial charge in [0.25, 0.3) is 0 Å². The van der Waals surface area contributed by atoms with Crippen molar-refractivity contribution >= 4 is 11.8 Å². The largest absolute Gasteiger partial charge is 0.338 e. The Morgan fingerprint density at radius 3 is 2.62 bits per heavy atom. The first-order chi connectivity index (χ1) is 11.6. The molecule has 1 saturated heterocycles. The van der Waals surface area contributed by atoms with E-state index in [2.05, 4.69) is 11.4 Å². The van der Waals surface area contributed by atoms with E-state index in [0.29, 0.717) is 25.9 Å². The predicted molar refractivity (Wildman–Crippen MR) is 89.5 cm³/mol. The predicted octanol–water partition coefficient (Wildman–Crippen LogP) is 2.38. The molecule has 0 spiro atoms. The molecule has 1 aromatic carbocycles. The molecule has 5 nitrogen and oxygen atoms in total. The molecule has 2 amide bonds. The quantitative estimate of drug-likeness (QED) is 0.923. The van der Waals surface area contributed by atoms with E-state index in [1.54, 1.807) is 4.90 Å². The number of nitrogens with zero attached hydrogens (tertiary/aromatic N) is 2. The number of carbonyl (C=O) groups is 2. The van der Waals surface area contributed by atoms with Crippen LogP contribution >= 0.6 is 0 Å². The van der Waals surface area contributed by atoms with Gasteiger partial charge < -0.3 is 10.2 Å². The van der Waals surface area contributed by atoms with Gasteiger partial charge in [-0.15, -0.1) is 0 Å². The van der Waals surface area contributed by atoms with E-state index in [0.717, 1.165) is 24.8 Å². The Balaban J connectivity index is 1.60. The van der Waals surface area contributed by atoms with Crippen molar-refractivity contribution in [1.29, 1.82) is 5.26 Å². The molecule has 1 heterocycles. The Kier molecular flexibility index (Phi) is 4.84. The van der Waals surface area contributed by atoms with E-state index in [-0.39, 0.29) is 24.2 Å². The van der Waals surface area contributed by atoms with Crippen LogP contribution in [0.4, 0.5) is 0 Å². The topological polar surface area (TPSA) is 73.2 Å². The molecule has 1 aromatic rings. The van der Waals surface area contributed by atoms with Gasteiger partial charge in [0.1, 0.15) is 5.54 Å². The number of hydrogen-bond donors (Lipinski definition) is 1. The Morgan fingerprint density at radius 2 is 1.96 bits per heavy atom. The zero-order valence-electron chi connectivity index (χ0n) is 13.8. The van der Waals surface area contributed by atoms with E-state index in [1.807, 2.05) is 30.3 Å². The van der Waals surface area contributed by atoms with Gasteiger partial charge in [-0.25, -0.2) is 0 Å². The first-order valence-electron chi connectivity index (χ1n) is 8.67. The van der Waals surface area contributed by atoms with Crippen LogP contribution in [0, 0.1) is 17.2 Å². The summed E-state index contributed by atoms with van der Waals surface area (Å²) in [4.78, 5) is 26.5. The van der Waals surface area contributed by atoms with Crippen molar-refractivity contribution in [2.45, 2.75) is 50.6 Å². The fourth-order valence-corrected chi connectivity index (χ4v) is 3.66. The van der Waals surface area contributed by atoms with Gasteiger partial charge in [-0.1, -0.05) is 49.6 Å². The van der Waals surface area contributed by atoms with Crippen LogP contribution in [0.1, 0.15) is 44.1 Å². The zero-order valence-corrected chi connectivity index (χ0v) is 13.8. The molecule has 1 aliphatic carbocycles. The van der Waals surface area contributed by atoms with Gasteiger partial charge in [-0.05, 0) is 18.4 Å². The third-order valence-electron chi connectivity index (χ3n) is 5.09. The Hall–Kier alpha value is -2.35. The van der Waals surface area contributed by atoms with E-state index < -0.39 is 5.54 Å². The van der Waals surface area contributed by atoms with Crippen LogP contribution < -0.4 is 5.32 Å². The van der Waals surface area contributed by atoms with E-state index in [4.69, 9.17) is 0 Å². The molecule has 2 aliphatic rings. The molecule has 0 radical (unpaired) electrons. The smallest absolute Gasteiger partial charge is 0.226 e. The van der Waals surface area contributed by atoms with Crippen molar-refractivity contribution in [2.75, 3.05) is 6.54 Å². The summed E-state index contributed by atoms with van der Waals surface area (Å²) in [5.41, 5.74) is 0.332. The number of hydrogen-bond acceptors (Lipinski definition) is 3. The fourth-order valence-electron chi connectivity index (χ4n) is 3.66. The number of rotatable bonds is 4. The second-order valence-electron chi connectivity index (χ2n) is 6.90. The molecule has 1 aliphatic heterocycles. The minimum absolute atomic E-state index is 0.00801. The number of amides is 2. The molecular weight excluding hydrogens is 302 g/mol. The summed E-state index contributed by atoms with van der Waals surface area (Å²) in [6, 6.07) is 12.1. The summed E-state index contributed by atoms with van der Waals surface area (Å²) in [5, 5.41) is 12.4. The summed E-state index contributed by atoms with van der Waals surface area (Å²) < 4.78 is 0. The van der Waals surface area contributed by atoms with Gasteiger partial charge >= 0.3 is 0 Å². The molecule has 24 heavy (non-hydrogen) atoms. The molecule has 1 unspecified atom stereocenters. The van der Waals surface area contributed by atoms with Crippen LogP contribution in [-0.2, 0) is 16.1 Å². The average molecular weight is 325 g/mol. The van der Waals surface area contributed by atoms with Crippen molar-refractivity contribution in [1.82, 2.24) is 10.2 Å². The van der Waals surface area contributed by atoms with Crippen LogP contribution in [0.3, 0.4) is 0 Å². The molecule has 3 rings (SSSR count). The van der Waals surface area contributed by atoms with Gasteiger partial charge in [0.15, 0.2) is 0 Å². The van der Waals surface area contributed by atoms with Crippen molar-refractivity contribution in [3.8, 4) is 6.07 Å². The highest BCUT2D eigenvalue weighted by atomic mass is 16.2. The summed E-state index contributed by atoms with van der Waals surface area (Å²) in [5.74, 6) is -0.496. The van der Waals surface area contributed by atoms with Crippen LogP contribution in [0.2, 0.25) is 0 Å². The average Bonchev–Trinajstić information content (AvgIpc) is 2.97. The lowest BCUT2D eigenvalue weighted by Crippen LogP contribution is -2.51. The summed E-state index contributed by atoms with van der Waals surface area (Å²) in [6.45, 7) is 0.966. The minimum atomic E-state index is -0.731. The normalized spacial score (nSPS) is 22.9. The van der Waals surface area contributed by atoms with Crippen molar-refractivity contribution in [2.24, 2.45) is 5.92 Å². The lowest BCUT2D eigenvalue weighted by Gasteiger charge is -2.32. The molecule has 126 valence electrons. The number of benzene rings is 1. The minimum Gasteiger partial charge on any atom is -0.338 e. The SMILES string of the molecule is N#CC1(NC(=O)C2CC(=O)N(Cc3ccccc3)C2)CCCCC1. The van der Waals surface area contributed by atoms with Crippen LogP contribution in [-0.4, -0.2) is 28.8 Å². The monoisotopic (exact) mass is 325 g/mol. The molecule has 1 N–H and O–H groups in total. The second-order valence-corrected chi connectivity index (χ2v) is 6.90. The van der Waals surface area contributed by atoms with Gasteiger partial charge in [0, 0.05) is 19.5 Å². The molecule has 1 atom stereocenters. The maximum atomic E-state index is 12.6. The second kappa shape index (κ2) is 7.04. The Morgan fingerprint density at radius 1 is 1.25 bits per heavy atom. The van der Waals surface area contributed by atoms with Gasteiger partial charge in [0.2, 0.25) is 11.8 Å². The Labute approximate surface area is 142 Å². The van der Waals surface area contributed by atoms with Crippen molar-refractivity contribution in [3.63, 3.8) is 0 Å². The lowest BCUT2D eigenvalue weighted by molar-refractivity contribution is -0.129. The molecule has 2 fully saturated rings. The number of nitrogens with one attached hydrogen (secondary N) is 1. The zero-order chi connectivity index (χ0) is 17.0. The maximum Gasteiger partial charge on any atom is 0.226 e. The van der Waals surface area contributed by atoms with Crippen LogP contribution in [0.5, 0.6) is 0 Å². The molecule has 5 heteroatoms. The number of carbonyl (C=O) groups excluding carboxylic acids is 2. The number of likely N-dealkylation sites (tertiary alicyclic amines) is 1. The molecule has 0 aromatic heterocycles. The van der Waals surface area contributed by atoms with Gasteiger partial charge in [-0.3, -0.25) is 9.59 Å². The highest BCUT2D eigenvalue weighted by Gasteiger charge is 2.39. The fraction of sp³-hybridized carbons (Fsp3) is 0.526. The molecular formula is C19H23N3O2. The van der Waals surface area contributed by atoms with Gasteiger partial charge in [-0.2, -0.15) is 5.26 Å². The first kappa shape index (κ1) is 16.5. The van der Waals surface area contributed by atoms with Crippen molar-refractivity contribution in [3.05, 3.63) is 35.9 Å².